The molecular formula is C31H49BN4O5Si. The van der Waals surface area contributed by atoms with Gasteiger partial charge >= 0.3 is 7.12 Å². The highest BCUT2D eigenvalue weighted by atomic mass is 28.4. The molecule has 9 nitrogen and oxygen atoms in total. The molecule has 1 aliphatic heterocycles. The molecule has 1 aliphatic rings. The summed E-state index contributed by atoms with van der Waals surface area (Å²) in [6.45, 7) is 24.9. The van der Waals surface area contributed by atoms with Crippen LogP contribution in [-0.2, 0) is 26.9 Å². The number of ether oxygens (including phenoxy) is 2. The topological polar surface area (TPSA) is 88.9 Å². The summed E-state index contributed by atoms with van der Waals surface area (Å²) in [5.41, 5.74) is 2.70. The van der Waals surface area contributed by atoms with Crippen molar-refractivity contribution in [3.05, 3.63) is 35.8 Å². The summed E-state index contributed by atoms with van der Waals surface area (Å²) in [6, 6.07) is 5.92. The fourth-order valence-electron chi connectivity index (χ4n) is 4.90. The Morgan fingerprint density at radius 1 is 1.02 bits per heavy atom. The Morgan fingerprint density at radius 3 is 2.21 bits per heavy atom. The summed E-state index contributed by atoms with van der Waals surface area (Å²) in [5.74, 6) is 2.18. The van der Waals surface area contributed by atoms with Crippen LogP contribution in [0.5, 0.6) is 11.5 Å². The molecule has 0 unspecified atom stereocenters. The molecule has 3 heterocycles. The minimum Gasteiger partial charge on any atom is -0.497 e. The van der Waals surface area contributed by atoms with Gasteiger partial charge in [-0.1, -0.05) is 20.8 Å². The number of hydrogen-bond donors (Lipinski definition) is 1. The number of methoxy groups -OCH3 is 2. The molecule has 0 spiro atoms. The third kappa shape index (κ3) is 5.93. The molecule has 0 aliphatic carbocycles. The first kappa shape index (κ1) is 32.3. The lowest BCUT2D eigenvalue weighted by Gasteiger charge is -2.36. The molecule has 1 fully saturated rings. The molecule has 3 aromatic rings. The summed E-state index contributed by atoms with van der Waals surface area (Å²) in [6.07, 6.45) is 1.61. The molecule has 1 N–H and O–H groups in total. The average Bonchev–Trinajstić information content (AvgIpc) is 3.34. The van der Waals surface area contributed by atoms with E-state index in [1.54, 1.807) is 20.5 Å². The molecule has 0 bridgehead atoms. The lowest BCUT2D eigenvalue weighted by Crippen LogP contribution is -2.42. The quantitative estimate of drug-likeness (QED) is 0.267. The summed E-state index contributed by atoms with van der Waals surface area (Å²) >= 11 is 0. The van der Waals surface area contributed by atoms with Crippen LogP contribution in [0.4, 0.5) is 5.82 Å². The highest BCUT2D eigenvalue weighted by molar-refractivity contribution is 6.74. The monoisotopic (exact) mass is 596 g/mol. The second-order valence-electron chi connectivity index (χ2n) is 13.9. The molecule has 0 amide bonds. The van der Waals surface area contributed by atoms with Gasteiger partial charge in [0.2, 0.25) is 0 Å². The molecule has 1 aromatic carbocycles. The maximum atomic E-state index is 6.84. The zero-order valence-electron chi connectivity index (χ0n) is 27.8. The second kappa shape index (κ2) is 11.5. The molecule has 4 rings (SSSR count). The molecule has 0 atom stereocenters. The first-order chi connectivity index (χ1) is 19.4. The van der Waals surface area contributed by atoms with E-state index < -0.39 is 26.6 Å². The summed E-state index contributed by atoms with van der Waals surface area (Å²) in [5, 5.41) is 4.52. The van der Waals surface area contributed by atoms with Crippen LogP contribution in [0.2, 0.25) is 18.1 Å². The Kier molecular flexibility index (Phi) is 8.83. The number of anilines is 1. The maximum Gasteiger partial charge on any atom is 0.497 e. The van der Waals surface area contributed by atoms with E-state index in [-0.39, 0.29) is 11.1 Å². The fraction of sp³-hybridized carbons (Fsp3) is 0.613. The van der Waals surface area contributed by atoms with E-state index in [9.17, 15) is 0 Å². The second-order valence-corrected chi connectivity index (χ2v) is 18.7. The van der Waals surface area contributed by atoms with Crippen molar-refractivity contribution in [3.8, 4) is 11.5 Å². The van der Waals surface area contributed by atoms with Crippen molar-refractivity contribution in [2.45, 2.75) is 111 Å². The Balaban J connectivity index is 1.88. The zero-order chi connectivity index (χ0) is 31.3. The van der Waals surface area contributed by atoms with E-state index in [0.717, 1.165) is 39.3 Å². The number of rotatable bonds is 10. The van der Waals surface area contributed by atoms with Crippen LogP contribution >= 0.6 is 0 Å². The number of fused-ring (bicyclic) bond motifs is 1. The average molecular weight is 597 g/mol. The SMILES string of the molecule is COc1ccc(CNc2ncnc3c2c(B2OC(C)(C)C(C)(C)O2)c(CO[Si](C)(C)C(C)(C)C)n3C(C)C)c(OC)c1. The Labute approximate surface area is 252 Å². The van der Waals surface area contributed by atoms with E-state index in [1.165, 1.54) is 0 Å². The summed E-state index contributed by atoms with van der Waals surface area (Å²) in [4.78, 5) is 9.54. The van der Waals surface area contributed by atoms with Gasteiger partial charge in [0, 0.05) is 35.4 Å². The van der Waals surface area contributed by atoms with Gasteiger partial charge in [-0.15, -0.1) is 0 Å². The highest BCUT2D eigenvalue weighted by Crippen LogP contribution is 2.40. The van der Waals surface area contributed by atoms with Crippen LogP contribution in [0.1, 0.15) is 79.6 Å². The predicted octanol–water partition coefficient (Wildman–Crippen LogP) is 6.46. The molecule has 2 aromatic heterocycles. The summed E-state index contributed by atoms with van der Waals surface area (Å²) < 4.78 is 33.5. The third-order valence-corrected chi connectivity index (χ3v) is 13.7. The van der Waals surface area contributed by atoms with E-state index in [0.29, 0.717) is 19.0 Å². The molecule has 11 heteroatoms. The third-order valence-electron chi connectivity index (χ3n) is 9.25. The first-order valence-electron chi connectivity index (χ1n) is 14.8. The van der Waals surface area contributed by atoms with Crippen LogP contribution in [0, 0.1) is 0 Å². The molecule has 230 valence electrons. The first-order valence-corrected chi connectivity index (χ1v) is 17.7. The van der Waals surface area contributed by atoms with Gasteiger partial charge in [-0.2, -0.15) is 0 Å². The van der Waals surface area contributed by atoms with Crippen molar-refractivity contribution in [3.63, 3.8) is 0 Å². The van der Waals surface area contributed by atoms with Gasteiger partial charge in [0.1, 0.15) is 29.3 Å². The maximum absolute atomic E-state index is 6.84. The van der Waals surface area contributed by atoms with Crippen molar-refractivity contribution in [1.29, 1.82) is 0 Å². The van der Waals surface area contributed by atoms with E-state index >= 15 is 0 Å². The number of aromatic nitrogens is 3. The van der Waals surface area contributed by atoms with Crippen molar-refractivity contribution >= 4 is 37.7 Å². The van der Waals surface area contributed by atoms with Crippen molar-refractivity contribution < 1.29 is 23.2 Å². The number of benzene rings is 1. The predicted molar refractivity (Wildman–Crippen MR) is 172 cm³/mol. The van der Waals surface area contributed by atoms with Gasteiger partial charge < -0.3 is 33.1 Å². The Bertz CT molecular complexity index is 1410. The van der Waals surface area contributed by atoms with Crippen molar-refractivity contribution in [2.75, 3.05) is 19.5 Å². The number of nitrogens with zero attached hydrogens (tertiary/aromatic N) is 3. The Hall–Kier alpha value is -2.60. The van der Waals surface area contributed by atoms with E-state index in [4.69, 9.17) is 33.2 Å². The van der Waals surface area contributed by atoms with Gasteiger partial charge in [0.05, 0.1) is 37.4 Å². The largest absolute Gasteiger partial charge is 0.497 e. The molecule has 1 saturated heterocycles. The summed E-state index contributed by atoms with van der Waals surface area (Å²) in [7, 11) is 0.619. The van der Waals surface area contributed by atoms with Crippen LogP contribution in [0.3, 0.4) is 0 Å². The molecule has 0 radical (unpaired) electrons. The number of nitrogens with one attached hydrogen (secondary N) is 1. The van der Waals surface area contributed by atoms with Crippen LogP contribution < -0.4 is 20.3 Å². The van der Waals surface area contributed by atoms with Crippen LogP contribution in [-0.4, -0.2) is 55.4 Å². The lowest BCUT2D eigenvalue weighted by atomic mass is 9.77. The highest BCUT2D eigenvalue weighted by Gasteiger charge is 2.54. The molecular weight excluding hydrogens is 547 g/mol. The molecule has 42 heavy (non-hydrogen) atoms. The number of hydrogen-bond acceptors (Lipinski definition) is 8. The minimum atomic E-state index is -2.08. The molecule has 0 saturated carbocycles. The van der Waals surface area contributed by atoms with Gasteiger partial charge in [0.15, 0.2) is 8.32 Å². The zero-order valence-corrected chi connectivity index (χ0v) is 28.8. The van der Waals surface area contributed by atoms with E-state index in [1.807, 2.05) is 18.2 Å². The minimum absolute atomic E-state index is 0.0656. The van der Waals surface area contributed by atoms with Gasteiger partial charge in [0.25, 0.3) is 0 Å². The smallest absolute Gasteiger partial charge is 0.497 e. The normalized spacial score (nSPS) is 16.9. The van der Waals surface area contributed by atoms with Crippen LogP contribution in [0.25, 0.3) is 11.0 Å². The Morgan fingerprint density at radius 2 is 1.67 bits per heavy atom. The van der Waals surface area contributed by atoms with Gasteiger partial charge in [-0.3, -0.25) is 0 Å². The van der Waals surface area contributed by atoms with Gasteiger partial charge in [-0.25, -0.2) is 9.97 Å². The van der Waals surface area contributed by atoms with Crippen molar-refractivity contribution in [2.24, 2.45) is 0 Å². The van der Waals surface area contributed by atoms with E-state index in [2.05, 4.69) is 85.3 Å². The van der Waals surface area contributed by atoms with Crippen molar-refractivity contribution in [1.82, 2.24) is 14.5 Å². The fourth-order valence-corrected chi connectivity index (χ4v) is 5.83. The van der Waals surface area contributed by atoms with Gasteiger partial charge in [-0.05, 0) is 71.8 Å². The lowest BCUT2D eigenvalue weighted by molar-refractivity contribution is 0.00578. The van der Waals surface area contributed by atoms with Crippen LogP contribution in [0.15, 0.2) is 24.5 Å². The standard InChI is InChI=1S/C31H49BN4O5Si/c1-20(2)36-23(18-39-42(12,13)29(3,4)5)26(32-40-30(6,7)31(8,9)41-32)25-27(34-19-35-28(25)36)33-17-21-14-15-22(37-10)16-24(21)38-11/h14-16,19-20H,17-18H2,1-13H3,(H,33,34,35).